The van der Waals surface area contributed by atoms with E-state index in [1.54, 1.807) is 11.8 Å². The lowest BCUT2D eigenvalue weighted by molar-refractivity contribution is -0.0191. The van der Waals surface area contributed by atoms with E-state index >= 15 is 0 Å². The Balaban J connectivity index is 0.969. The number of pyridine rings is 1. The third-order valence-corrected chi connectivity index (χ3v) is 8.64. The van der Waals surface area contributed by atoms with Gasteiger partial charge in [0.25, 0.3) is 5.22 Å². The van der Waals surface area contributed by atoms with E-state index in [-0.39, 0.29) is 5.41 Å². The van der Waals surface area contributed by atoms with Crippen molar-refractivity contribution in [1.29, 1.82) is 0 Å². The van der Waals surface area contributed by atoms with E-state index in [2.05, 4.69) is 42.9 Å². The molecule has 0 N–H and O–H groups in total. The molecule has 0 radical (unpaired) electrons. The van der Waals surface area contributed by atoms with Crippen molar-refractivity contribution < 1.29 is 4.42 Å². The van der Waals surface area contributed by atoms with E-state index < -0.39 is 0 Å². The van der Waals surface area contributed by atoms with Gasteiger partial charge in [-0.2, -0.15) is 0 Å². The lowest BCUT2D eigenvalue weighted by atomic mass is 9.49. The molecule has 1 saturated heterocycles. The van der Waals surface area contributed by atoms with Crippen molar-refractivity contribution in [2.45, 2.75) is 49.2 Å². The van der Waals surface area contributed by atoms with Gasteiger partial charge in [0.1, 0.15) is 5.82 Å². The van der Waals surface area contributed by atoms with E-state index in [1.165, 1.54) is 38.5 Å². The Labute approximate surface area is 194 Å². The number of hydrogen-bond acceptors (Lipinski definition) is 7. The monoisotopic (exact) mass is 449 g/mol. The van der Waals surface area contributed by atoms with Crippen molar-refractivity contribution in [2.24, 2.45) is 17.8 Å². The Hall–Kier alpha value is -2.04. The Morgan fingerprint density at radius 1 is 0.969 bits per heavy atom. The Morgan fingerprint density at radius 2 is 1.72 bits per heavy atom. The molecule has 5 fully saturated rings. The second-order valence-corrected chi connectivity index (χ2v) is 11.1. The van der Waals surface area contributed by atoms with Gasteiger partial charge in [0.05, 0.1) is 12.3 Å². The highest BCUT2D eigenvalue weighted by Gasteiger charge is 2.54. The van der Waals surface area contributed by atoms with Gasteiger partial charge < -0.3 is 9.32 Å². The number of thioether (sulfide) groups is 1. The largest absolute Gasteiger partial charge is 0.415 e. The molecule has 2 aromatic heterocycles. The summed E-state index contributed by atoms with van der Waals surface area (Å²) in [5.74, 6) is 12.0. The van der Waals surface area contributed by atoms with Gasteiger partial charge in [-0.25, -0.2) is 4.98 Å². The average Bonchev–Trinajstić information content (AvgIpc) is 3.29. The van der Waals surface area contributed by atoms with Crippen LogP contribution in [0.15, 0.2) is 34.0 Å². The maximum Gasteiger partial charge on any atom is 0.277 e. The van der Waals surface area contributed by atoms with E-state index in [0.29, 0.717) is 11.0 Å². The Kier molecular flexibility index (Phi) is 5.60. The topological polar surface area (TPSA) is 58.3 Å². The summed E-state index contributed by atoms with van der Waals surface area (Å²) in [7, 11) is 0. The first kappa shape index (κ1) is 20.6. The summed E-state index contributed by atoms with van der Waals surface area (Å²) >= 11 is 1.58. The third kappa shape index (κ3) is 4.15. The van der Waals surface area contributed by atoms with Crippen molar-refractivity contribution in [3.05, 3.63) is 30.3 Å². The van der Waals surface area contributed by atoms with Crippen molar-refractivity contribution in [2.75, 3.05) is 43.4 Å². The molecule has 0 atom stereocenters. The Bertz CT molecular complexity index is 953. The number of piperazine rings is 1. The predicted octanol–water partition coefficient (Wildman–Crippen LogP) is 3.85. The smallest absolute Gasteiger partial charge is 0.277 e. The van der Waals surface area contributed by atoms with Crippen LogP contribution in [0, 0.1) is 29.6 Å². The highest BCUT2D eigenvalue weighted by molar-refractivity contribution is 7.99. The molecule has 0 unspecified atom stereocenters. The fraction of sp³-hybridized carbons (Fsp3) is 0.640. The van der Waals surface area contributed by atoms with Crippen molar-refractivity contribution >= 4 is 17.6 Å². The summed E-state index contributed by atoms with van der Waals surface area (Å²) in [5, 5.41) is 9.55. The van der Waals surface area contributed by atoms with E-state index in [0.717, 1.165) is 62.2 Å². The maximum atomic E-state index is 6.17. The summed E-state index contributed by atoms with van der Waals surface area (Å²) in [6, 6.07) is 6.10. The minimum absolute atomic E-state index is 0.184. The first-order valence-corrected chi connectivity index (χ1v) is 13.1. The minimum Gasteiger partial charge on any atom is -0.415 e. The molecule has 0 aromatic carbocycles. The normalized spacial score (nSPS) is 31.5. The van der Waals surface area contributed by atoms with Gasteiger partial charge in [-0.3, -0.25) is 4.90 Å². The zero-order chi connectivity index (χ0) is 21.4. The SMILES string of the molecule is C(#CCN1CCN(c2ccccn2)CC1)CSc1nnc(C23CC4CC(CC(C4)C2)C3)o1. The molecule has 7 heteroatoms. The zero-order valence-electron chi connectivity index (χ0n) is 18.6. The number of hydrogen-bond donors (Lipinski definition) is 0. The van der Waals surface area contributed by atoms with Crippen LogP contribution in [0.5, 0.6) is 0 Å². The first-order valence-electron chi connectivity index (χ1n) is 12.1. The van der Waals surface area contributed by atoms with Crippen molar-refractivity contribution in [1.82, 2.24) is 20.1 Å². The molecule has 4 saturated carbocycles. The molecule has 168 valence electrons. The highest BCUT2D eigenvalue weighted by Crippen LogP contribution is 2.60. The molecule has 4 bridgehead atoms. The van der Waals surface area contributed by atoms with Crippen LogP contribution >= 0.6 is 11.8 Å². The van der Waals surface area contributed by atoms with Gasteiger partial charge in [-0.05, 0) is 68.4 Å². The van der Waals surface area contributed by atoms with Crippen LogP contribution < -0.4 is 4.90 Å². The molecule has 5 aliphatic rings. The molecule has 1 aliphatic heterocycles. The lowest BCUT2D eigenvalue weighted by Crippen LogP contribution is -2.48. The summed E-state index contributed by atoms with van der Waals surface area (Å²) in [6.07, 6.45) is 9.95. The molecule has 0 amide bonds. The molecule has 2 aromatic rings. The molecular formula is C25H31N5OS. The van der Waals surface area contributed by atoms with Crippen LogP contribution in [0.1, 0.15) is 44.4 Å². The third-order valence-electron chi connectivity index (χ3n) is 7.94. The molecule has 32 heavy (non-hydrogen) atoms. The van der Waals surface area contributed by atoms with Gasteiger partial charge in [0.2, 0.25) is 5.89 Å². The highest BCUT2D eigenvalue weighted by atomic mass is 32.2. The Morgan fingerprint density at radius 3 is 2.41 bits per heavy atom. The number of anilines is 1. The molecule has 6 nitrogen and oxygen atoms in total. The average molecular weight is 450 g/mol. The quantitative estimate of drug-likeness (QED) is 0.508. The second kappa shape index (κ2) is 8.72. The number of nitrogens with zero attached hydrogens (tertiary/aromatic N) is 5. The van der Waals surface area contributed by atoms with Crippen molar-refractivity contribution in [3.8, 4) is 11.8 Å². The van der Waals surface area contributed by atoms with E-state index in [1.807, 2.05) is 18.3 Å². The van der Waals surface area contributed by atoms with Crippen LogP contribution in [-0.4, -0.2) is 58.6 Å². The van der Waals surface area contributed by atoms with Gasteiger partial charge in [0.15, 0.2) is 0 Å². The summed E-state index contributed by atoms with van der Waals surface area (Å²) < 4.78 is 6.17. The van der Waals surface area contributed by atoms with Crippen LogP contribution in [0.25, 0.3) is 0 Å². The minimum atomic E-state index is 0.184. The molecule has 7 rings (SSSR count). The number of rotatable bonds is 5. The summed E-state index contributed by atoms with van der Waals surface area (Å²) in [5.41, 5.74) is 0.184. The van der Waals surface area contributed by atoms with Crippen LogP contribution in [-0.2, 0) is 5.41 Å². The van der Waals surface area contributed by atoms with Crippen LogP contribution in [0.2, 0.25) is 0 Å². The first-order chi connectivity index (χ1) is 15.8. The van der Waals surface area contributed by atoms with Gasteiger partial charge >= 0.3 is 0 Å². The predicted molar refractivity (Wildman–Crippen MR) is 126 cm³/mol. The fourth-order valence-electron chi connectivity index (χ4n) is 6.85. The fourth-order valence-corrected chi connectivity index (χ4v) is 7.38. The molecule has 4 aliphatic carbocycles. The molecule has 0 spiro atoms. The van der Waals surface area contributed by atoms with Gasteiger partial charge in [-0.15, -0.1) is 10.2 Å². The number of aromatic nitrogens is 3. The van der Waals surface area contributed by atoms with E-state index in [4.69, 9.17) is 4.42 Å². The van der Waals surface area contributed by atoms with Gasteiger partial charge in [0, 0.05) is 37.8 Å². The summed E-state index contributed by atoms with van der Waals surface area (Å²) in [4.78, 5) is 9.21. The van der Waals surface area contributed by atoms with Gasteiger partial charge in [-0.1, -0.05) is 29.7 Å². The van der Waals surface area contributed by atoms with Crippen molar-refractivity contribution in [3.63, 3.8) is 0 Å². The molecule has 3 heterocycles. The van der Waals surface area contributed by atoms with Crippen LogP contribution in [0.4, 0.5) is 5.82 Å². The standard InChI is InChI=1S/C25H31N5OS/c1-2-6-26-22(5-1)30-10-8-29(9-11-30)7-3-4-12-32-24-28-27-23(31-24)25-16-19-13-20(17-25)15-21(14-19)18-25/h1-2,5-6,19-21H,7-18H2. The lowest BCUT2D eigenvalue weighted by Gasteiger charge is -2.55. The molecular weight excluding hydrogens is 418 g/mol. The van der Waals surface area contributed by atoms with Crippen LogP contribution in [0.3, 0.4) is 0 Å². The maximum absolute atomic E-state index is 6.17. The van der Waals surface area contributed by atoms with E-state index in [9.17, 15) is 0 Å². The zero-order valence-corrected chi connectivity index (χ0v) is 19.4. The summed E-state index contributed by atoms with van der Waals surface area (Å²) in [6.45, 7) is 4.87. The second-order valence-electron chi connectivity index (χ2n) is 10.2.